The van der Waals surface area contributed by atoms with Crippen molar-refractivity contribution in [3.8, 4) is 5.75 Å². The largest absolute Gasteiger partial charge is 0.489 e. The van der Waals surface area contributed by atoms with Crippen LogP contribution >= 0.6 is 0 Å². The minimum absolute atomic E-state index is 0.0790. The molecule has 0 unspecified atom stereocenters. The van der Waals surface area contributed by atoms with Gasteiger partial charge in [-0.05, 0) is 26.1 Å². The third kappa shape index (κ3) is 2.17. The molecule has 1 aromatic carbocycles. The van der Waals surface area contributed by atoms with Crippen LogP contribution in [0.25, 0.3) is 0 Å². The standard InChI is InChI=1S/C12H15NO3/c1-8-6-13(2)7-10-4-3-9(12(14)15)5-11(10)16-8/h3-5,8H,6-7H2,1-2H3,(H,14,15)/t8-/m1/s1. The average Bonchev–Trinajstić information content (AvgIpc) is 2.32. The molecule has 0 saturated heterocycles. The van der Waals surface area contributed by atoms with E-state index in [2.05, 4.69) is 4.90 Å². The van der Waals surface area contributed by atoms with Crippen LogP contribution in [0.4, 0.5) is 0 Å². The van der Waals surface area contributed by atoms with Crippen LogP contribution in [0.5, 0.6) is 5.75 Å². The summed E-state index contributed by atoms with van der Waals surface area (Å²) in [6.45, 7) is 3.62. The fourth-order valence-electron chi connectivity index (χ4n) is 1.98. The van der Waals surface area contributed by atoms with Gasteiger partial charge in [0.15, 0.2) is 0 Å². The highest BCUT2D eigenvalue weighted by Gasteiger charge is 2.18. The molecular formula is C12H15NO3. The quantitative estimate of drug-likeness (QED) is 0.782. The molecule has 0 spiro atoms. The third-order valence-corrected chi connectivity index (χ3v) is 2.65. The van der Waals surface area contributed by atoms with E-state index in [1.165, 1.54) is 0 Å². The Morgan fingerprint density at radius 3 is 3.00 bits per heavy atom. The molecule has 2 rings (SSSR count). The first-order chi connectivity index (χ1) is 7.56. The van der Waals surface area contributed by atoms with E-state index in [4.69, 9.17) is 9.84 Å². The van der Waals surface area contributed by atoms with E-state index in [0.717, 1.165) is 18.7 Å². The molecule has 4 heteroatoms. The van der Waals surface area contributed by atoms with E-state index in [9.17, 15) is 4.79 Å². The summed E-state index contributed by atoms with van der Waals surface area (Å²) in [6, 6.07) is 5.05. The van der Waals surface area contributed by atoms with Crippen LogP contribution in [0, 0.1) is 0 Å². The minimum atomic E-state index is -0.920. The molecule has 0 saturated carbocycles. The van der Waals surface area contributed by atoms with Crippen LogP contribution in [0.15, 0.2) is 18.2 Å². The Morgan fingerprint density at radius 1 is 1.56 bits per heavy atom. The van der Waals surface area contributed by atoms with E-state index in [1.807, 2.05) is 20.0 Å². The van der Waals surface area contributed by atoms with Crippen LogP contribution < -0.4 is 4.74 Å². The Labute approximate surface area is 94.4 Å². The zero-order chi connectivity index (χ0) is 11.7. The van der Waals surface area contributed by atoms with Gasteiger partial charge in [0.25, 0.3) is 0 Å². The van der Waals surface area contributed by atoms with Crippen molar-refractivity contribution in [1.82, 2.24) is 4.90 Å². The molecule has 16 heavy (non-hydrogen) atoms. The van der Waals surface area contributed by atoms with Gasteiger partial charge in [-0.2, -0.15) is 0 Å². The van der Waals surface area contributed by atoms with Crippen LogP contribution in [0.1, 0.15) is 22.8 Å². The Bertz CT molecular complexity index is 417. The highest BCUT2D eigenvalue weighted by molar-refractivity contribution is 5.88. The summed E-state index contributed by atoms with van der Waals surface area (Å²) in [7, 11) is 2.03. The topological polar surface area (TPSA) is 49.8 Å². The van der Waals surface area contributed by atoms with Gasteiger partial charge >= 0.3 is 5.97 Å². The van der Waals surface area contributed by atoms with Gasteiger partial charge < -0.3 is 9.84 Å². The van der Waals surface area contributed by atoms with Crippen LogP contribution in [0.2, 0.25) is 0 Å². The van der Waals surface area contributed by atoms with E-state index < -0.39 is 5.97 Å². The first kappa shape index (κ1) is 11.0. The van der Waals surface area contributed by atoms with Gasteiger partial charge in [0, 0.05) is 18.7 Å². The van der Waals surface area contributed by atoms with Gasteiger partial charge in [-0.15, -0.1) is 0 Å². The molecule has 1 aliphatic heterocycles. The lowest BCUT2D eigenvalue weighted by Gasteiger charge is -2.15. The highest BCUT2D eigenvalue weighted by atomic mass is 16.5. The second-order valence-corrected chi connectivity index (χ2v) is 4.25. The van der Waals surface area contributed by atoms with Crippen molar-refractivity contribution in [2.45, 2.75) is 19.6 Å². The van der Waals surface area contributed by atoms with Crippen molar-refractivity contribution in [2.24, 2.45) is 0 Å². The molecule has 0 bridgehead atoms. The molecule has 4 nitrogen and oxygen atoms in total. The van der Waals surface area contributed by atoms with E-state index >= 15 is 0 Å². The Kier molecular flexibility index (Phi) is 2.83. The van der Waals surface area contributed by atoms with Gasteiger partial charge in [0.2, 0.25) is 0 Å². The number of hydrogen-bond donors (Lipinski definition) is 1. The van der Waals surface area contributed by atoms with Crippen molar-refractivity contribution in [3.05, 3.63) is 29.3 Å². The fraction of sp³-hybridized carbons (Fsp3) is 0.417. The summed E-state index contributed by atoms with van der Waals surface area (Å²) in [5.41, 5.74) is 1.31. The van der Waals surface area contributed by atoms with Crippen LogP contribution in [-0.2, 0) is 6.54 Å². The third-order valence-electron chi connectivity index (χ3n) is 2.65. The minimum Gasteiger partial charge on any atom is -0.489 e. The van der Waals surface area contributed by atoms with Crippen molar-refractivity contribution in [1.29, 1.82) is 0 Å². The Morgan fingerprint density at radius 2 is 2.31 bits per heavy atom. The van der Waals surface area contributed by atoms with Crippen LogP contribution in [-0.4, -0.2) is 35.7 Å². The normalized spacial score (nSPS) is 20.8. The summed E-state index contributed by atoms with van der Waals surface area (Å²) < 4.78 is 5.71. The van der Waals surface area contributed by atoms with Crippen molar-refractivity contribution >= 4 is 5.97 Å². The SMILES string of the molecule is C[C@@H]1CN(C)Cc2ccc(C(=O)O)cc2O1. The predicted octanol–water partition coefficient (Wildman–Crippen LogP) is 1.60. The fourth-order valence-corrected chi connectivity index (χ4v) is 1.98. The first-order valence-electron chi connectivity index (χ1n) is 5.27. The smallest absolute Gasteiger partial charge is 0.335 e. The zero-order valence-electron chi connectivity index (χ0n) is 9.43. The maximum absolute atomic E-state index is 10.9. The van der Waals surface area contributed by atoms with Crippen LogP contribution in [0.3, 0.4) is 0 Å². The predicted molar refractivity (Wildman–Crippen MR) is 59.8 cm³/mol. The molecule has 1 aliphatic rings. The maximum Gasteiger partial charge on any atom is 0.335 e. The number of ether oxygens (including phenoxy) is 1. The summed E-state index contributed by atoms with van der Waals surface area (Å²) in [5, 5.41) is 8.91. The van der Waals surface area contributed by atoms with E-state index in [-0.39, 0.29) is 11.7 Å². The van der Waals surface area contributed by atoms with Gasteiger partial charge in [0.1, 0.15) is 11.9 Å². The van der Waals surface area contributed by atoms with Crippen molar-refractivity contribution < 1.29 is 14.6 Å². The molecule has 0 aromatic heterocycles. The van der Waals surface area contributed by atoms with Gasteiger partial charge in [-0.3, -0.25) is 4.90 Å². The number of aromatic carboxylic acids is 1. The molecular weight excluding hydrogens is 206 g/mol. The van der Waals surface area contributed by atoms with Gasteiger partial charge in [-0.1, -0.05) is 6.07 Å². The second kappa shape index (κ2) is 4.14. The number of carbonyl (C=O) groups is 1. The first-order valence-corrected chi connectivity index (χ1v) is 5.27. The molecule has 1 heterocycles. The second-order valence-electron chi connectivity index (χ2n) is 4.25. The Hall–Kier alpha value is -1.55. The molecule has 86 valence electrons. The number of rotatable bonds is 1. The summed E-state index contributed by atoms with van der Waals surface area (Å²) in [5.74, 6) is -0.228. The number of hydrogen-bond acceptors (Lipinski definition) is 3. The number of benzene rings is 1. The molecule has 1 N–H and O–H groups in total. The van der Waals surface area contributed by atoms with E-state index in [1.54, 1.807) is 12.1 Å². The van der Waals surface area contributed by atoms with Crippen molar-refractivity contribution in [3.63, 3.8) is 0 Å². The average molecular weight is 221 g/mol. The monoisotopic (exact) mass is 221 g/mol. The van der Waals surface area contributed by atoms with E-state index in [0.29, 0.717) is 5.75 Å². The number of likely N-dealkylation sites (N-methyl/N-ethyl adjacent to an activating group) is 1. The highest BCUT2D eigenvalue weighted by Crippen LogP contribution is 2.25. The zero-order valence-corrected chi connectivity index (χ0v) is 9.43. The molecule has 0 aliphatic carbocycles. The maximum atomic E-state index is 10.9. The summed E-state index contributed by atoms with van der Waals surface area (Å²) >= 11 is 0. The van der Waals surface area contributed by atoms with Crippen molar-refractivity contribution in [2.75, 3.05) is 13.6 Å². The van der Waals surface area contributed by atoms with Gasteiger partial charge in [-0.25, -0.2) is 4.79 Å². The molecule has 0 amide bonds. The molecule has 0 fully saturated rings. The lowest BCUT2D eigenvalue weighted by molar-refractivity contribution is 0.0696. The summed E-state index contributed by atoms with van der Waals surface area (Å²) in [6.07, 6.45) is 0.0790. The number of nitrogens with zero attached hydrogens (tertiary/aromatic N) is 1. The lowest BCUT2D eigenvalue weighted by Crippen LogP contribution is -2.27. The number of carboxylic acids is 1. The molecule has 1 atom stereocenters. The number of carboxylic acid groups (broad SMARTS) is 1. The summed E-state index contributed by atoms with van der Waals surface area (Å²) in [4.78, 5) is 13.0. The molecule has 1 aromatic rings. The lowest BCUT2D eigenvalue weighted by atomic mass is 10.1. The number of fused-ring (bicyclic) bond motifs is 1. The van der Waals surface area contributed by atoms with Gasteiger partial charge in [0.05, 0.1) is 5.56 Å². The molecule has 0 radical (unpaired) electrons. The Balaban J connectivity index is 2.38.